The molecule has 4 saturated heterocycles. The molecule has 4 nitrogen and oxygen atoms in total. The van der Waals surface area contributed by atoms with Crippen molar-refractivity contribution in [2.75, 3.05) is 0 Å². The predicted octanol–water partition coefficient (Wildman–Crippen LogP) is 5.57. The summed E-state index contributed by atoms with van der Waals surface area (Å²) >= 11 is 0. The van der Waals surface area contributed by atoms with Crippen LogP contribution in [0.1, 0.15) is 25.7 Å². The van der Waals surface area contributed by atoms with Crippen LogP contribution in [0.2, 0.25) is 78.6 Å². The van der Waals surface area contributed by atoms with Gasteiger partial charge in [-0.05, 0) is 25.7 Å². The molecule has 4 rings (SSSR count). The van der Waals surface area contributed by atoms with E-state index in [2.05, 4.69) is 78.6 Å². The Hall–Kier alpha value is 0.924. The molecule has 4 aliphatic heterocycles. The quantitative estimate of drug-likeness (QED) is 0.485. The Bertz CT molecular complexity index is 592. The summed E-state index contributed by atoms with van der Waals surface area (Å²) in [5.74, 6) is 0. The topological polar surface area (TPSA) is 36.9 Å². The zero-order valence-electron chi connectivity index (χ0n) is 21.0. The average molecular weight is 489 g/mol. The van der Waals surface area contributed by atoms with Gasteiger partial charge in [0.05, 0.1) is 53.2 Å². The lowest BCUT2D eigenvalue weighted by Crippen LogP contribution is -2.92. The SMILES string of the molecule is C[Si](C)(C)C12CC3([Si](C)(C)C)CC4([Si](C)(C)C)CC([Si](C)(C)C)(C1)O[Si](O2)(O3)O4. The van der Waals surface area contributed by atoms with Crippen molar-refractivity contribution < 1.29 is 17.7 Å². The van der Waals surface area contributed by atoms with Gasteiger partial charge in [0.2, 0.25) is 0 Å². The summed E-state index contributed by atoms with van der Waals surface area (Å²) in [6.07, 6.45) is 4.30. The highest BCUT2D eigenvalue weighted by Gasteiger charge is 2.84. The molecule has 168 valence electrons. The summed E-state index contributed by atoms with van der Waals surface area (Å²) in [6, 6.07) is 0. The second kappa shape index (κ2) is 5.70. The van der Waals surface area contributed by atoms with E-state index >= 15 is 0 Å². The Morgan fingerprint density at radius 2 is 0.586 bits per heavy atom. The van der Waals surface area contributed by atoms with Crippen LogP contribution in [-0.4, -0.2) is 62.2 Å². The van der Waals surface area contributed by atoms with Crippen LogP contribution in [-0.2, 0) is 17.7 Å². The third kappa shape index (κ3) is 2.91. The van der Waals surface area contributed by atoms with Crippen LogP contribution in [0.4, 0.5) is 0 Å². The highest BCUT2D eigenvalue weighted by Crippen LogP contribution is 2.67. The molecule has 0 unspecified atom stereocenters. The Morgan fingerprint density at radius 3 is 0.724 bits per heavy atom. The molecule has 4 heterocycles. The van der Waals surface area contributed by atoms with E-state index in [4.69, 9.17) is 17.7 Å². The van der Waals surface area contributed by atoms with Crippen LogP contribution in [0.15, 0.2) is 0 Å². The number of hydrogen-bond donors (Lipinski definition) is 0. The first-order valence-corrected chi connectivity index (χ1v) is 27.1. The lowest BCUT2D eigenvalue weighted by atomic mass is 9.89. The Morgan fingerprint density at radius 1 is 0.414 bits per heavy atom. The van der Waals surface area contributed by atoms with E-state index in [9.17, 15) is 0 Å². The summed E-state index contributed by atoms with van der Waals surface area (Å²) in [6.45, 7) is 30.0. The number of rotatable bonds is 4. The van der Waals surface area contributed by atoms with Crippen molar-refractivity contribution in [1.82, 2.24) is 0 Å². The second-order valence-corrected chi connectivity index (χ2v) is 38.1. The van der Waals surface area contributed by atoms with Gasteiger partial charge in [-0.1, -0.05) is 78.6 Å². The van der Waals surface area contributed by atoms with Gasteiger partial charge >= 0.3 is 9.05 Å². The third-order valence-electron chi connectivity index (χ3n) is 9.03. The lowest BCUT2D eigenvalue weighted by Gasteiger charge is -2.76. The molecule has 0 atom stereocenters. The molecule has 0 radical (unpaired) electrons. The summed E-state index contributed by atoms with van der Waals surface area (Å²) < 4.78 is 28.4. The minimum absolute atomic E-state index is 0.0810. The molecule has 0 saturated carbocycles. The molecule has 29 heavy (non-hydrogen) atoms. The van der Waals surface area contributed by atoms with Gasteiger partial charge in [-0.15, -0.1) is 0 Å². The van der Waals surface area contributed by atoms with Gasteiger partial charge in [-0.3, -0.25) is 0 Å². The van der Waals surface area contributed by atoms with Gasteiger partial charge in [0.1, 0.15) is 0 Å². The van der Waals surface area contributed by atoms with Crippen molar-refractivity contribution >= 4 is 41.3 Å². The fraction of sp³-hybridized carbons (Fsp3) is 1.00. The molecule has 0 aliphatic carbocycles. The molecule has 9 heteroatoms. The first-order valence-electron chi connectivity index (χ1n) is 11.5. The average Bonchev–Trinajstić information content (AvgIpc) is 2.38. The monoisotopic (exact) mass is 488 g/mol. The first-order chi connectivity index (χ1) is 12.7. The molecule has 0 amide bonds. The maximum atomic E-state index is 7.09. The maximum Gasteiger partial charge on any atom is 0.680 e. The molecular weight excluding hydrogens is 445 g/mol. The highest BCUT2D eigenvalue weighted by atomic mass is 28.4. The predicted molar refractivity (Wildman–Crippen MR) is 133 cm³/mol. The number of hydrogen-bond acceptors (Lipinski definition) is 4. The minimum Gasteiger partial charge on any atom is -0.348 e. The molecule has 1 spiro atoms. The molecule has 5 bridgehead atoms. The summed E-state index contributed by atoms with van der Waals surface area (Å²) in [5.41, 5.74) is 0. The van der Waals surface area contributed by atoms with Crippen molar-refractivity contribution in [1.29, 1.82) is 0 Å². The molecule has 4 aliphatic rings. The van der Waals surface area contributed by atoms with Crippen LogP contribution in [0.25, 0.3) is 0 Å². The fourth-order valence-electron chi connectivity index (χ4n) is 6.20. The van der Waals surface area contributed by atoms with Crippen molar-refractivity contribution in [3.05, 3.63) is 0 Å². The third-order valence-corrected chi connectivity index (χ3v) is 25.2. The van der Waals surface area contributed by atoms with E-state index < -0.39 is 41.3 Å². The summed E-state index contributed by atoms with van der Waals surface area (Å²) in [4.78, 5) is 0. The Kier molecular flexibility index (Phi) is 4.54. The normalized spacial score (nSPS) is 47.6. The molecule has 0 aromatic carbocycles. The Balaban J connectivity index is 2.03. The highest BCUT2D eigenvalue weighted by molar-refractivity contribution is 6.86. The first kappa shape index (κ1) is 23.1. The maximum absolute atomic E-state index is 7.09. The molecular formula is C20H44O4Si5. The van der Waals surface area contributed by atoms with Crippen molar-refractivity contribution in [2.45, 2.75) is 125 Å². The van der Waals surface area contributed by atoms with Crippen LogP contribution < -0.4 is 0 Å². The van der Waals surface area contributed by atoms with Crippen LogP contribution in [0.3, 0.4) is 0 Å². The zero-order valence-corrected chi connectivity index (χ0v) is 26.0. The van der Waals surface area contributed by atoms with Crippen molar-refractivity contribution in [3.8, 4) is 0 Å². The smallest absolute Gasteiger partial charge is 0.348 e. The van der Waals surface area contributed by atoms with E-state index in [1.165, 1.54) is 0 Å². The van der Waals surface area contributed by atoms with E-state index in [1.54, 1.807) is 0 Å². The van der Waals surface area contributed by atoms with Gasteiger partial charge < -0.3 is 17.7 Å². The Labute approximate surface area is 184 Å². The van der Waals surface area contributed by atoms with Gasteiger partial charge in [-0.2, -0.15) is 0 Å². The molecule has 0 aromatic heterocycles. The molecule has 0 N–H and O–H groups in total. The lowest BCUT2D eigenvalue weighted by molar-refractivity contribution is -0.291. The fourth-order valence-corrected chi connectivity index (χ4v) is 22.6. The number of fused-ring (bicyclic) bond motifs is 4. The van der Waals surface area contributed by atoms with Crippen LogP contribution >= 0.6 is 0 Å². The van der Waals surface area contributed by atoms with Crippen LogP contribution in [0.5, 0.6) is 0 Å². The minimum atomic E-state index is -3.19. The molecule has 4 fully saturated rings. The standard InChI is InChI=1S/C20H44O4Si5/c1-25(2,3)17-13-18(26(4,5)6)15-20(28(10,11)12)16-19(14-17,27(7,8)9)23-29(21-17,22-18)24-20/h13-16H2,1-12H3. The zero-order chi connectivity index (χ0) is 22.2. The van der Waals surface area contributed by atoms with Crippen LogP contribution in [0, 0.1) is 0 Å². The second-order valence-electron chi connectivity index (χ2n) is 14.6. The van der Waals surface area contributed by atoms with E-state index in [0.29, 0.717) is 0 Å². The summed E-state index contributed by atoms with van der Waals surface area (Å²) in [5, 5.41) is -0.324. The van der Waals surface area contributed by atoms with E-state index in [0.717, 1.165) is 25.7 Å². The van der Waals surface area contributed by atoms with Crippen molar-refractivity contribution in [2.24, 2.45) is 0 Å². The largest absolute Gasteiger partial charge is 0.680 e. The van der Waals surface area contributed by atoms with Crippen molar-refractivity contribution in [3.63, 3.8) is 0 Å². The van der Waals surface area contributed by atoms with Gasteiger partial charge in [0.15, 0.2) is 0 Å². The summed E-state index contributed by atoms with van der Waals surface area (Å²) in [7, 11) is -9.90. The molecule has 0 aromatic rings. The van der Waals surface area contributed by atoms with Gasteiger partial charge in [-0.25, -0.2) is 0 Å². The van der Waals surface area contributed by atoms with Gasteiger partial charge in [0.25, 0.3) is 0 Å². The van der Waals surface area contributed by atoms with Gasteiger partial charge in [0, 0.05) is 0 Å². The van der Waals surface area contributed by atoms with E-state index in [-0.39, 0.29) is 20.9 Å². The van der Waals surface area contributed by atoms with E-state index in [1.807, 2.05) is 0 Å².